The molecular formula is C11H17N3OS. The molecule has 1 saturated heterocycles. The predicted octanol–water partition coefficient (Wildman–Crippen LogP) is 1.76. The van der Waals surface area contributed by atoms with E-state index < -0.39 is 0 Å². The van der Waals surface area contributed by atoms with Crippen LogP contribution in [0.5, 0.6) is 0 Å². The van der Waals surface area contributed by atoms with Gasteiger partial charge in [-0.05, 0) is 18.8 Å². The molecule has 2 N–H and O–H groups in total. The van der Waals surface area contributed by atoms with Crippen molar-refractivity contribution >= 4 is 22.4 Å². The van der Waals surface area contributed by atoms with Gasteiger partial charge in [-0.3, -0.25) is 4.79 Å². The molecule has 2 rings (SSSR count). The Morgan fingerprint density at radius 2 is 2.00 bits per heavy atom. The number of carbonyl (C=O) groups is 1. The van der Waals surface area contributed by atoms with E-state index in [4.69, 9.17) is 5.73 Å². The summed E-state index contributed by atoms with van der Waals surface area (Å²) in [4.78, 5) is 18.9. The van der Waals surface area contributed by atoms with Crippen LogP contribution in [0, 0.1) is 18.8 Å². The van der Waals surface area contributed by atoms with E-state index in [1.165, 1.54) is 11.3 Å². The summed E-state index contributed by atoms with van der Waals surface area (Å²) >= 11 is 1.29. The van der Waals surface area contributed by atoms with E-state index in [-0.39, 0.29) is 5.91 Å². The van der Waals surface area contributed by atoms with E-state index in [1.54, 1.807) is 0 Å². The molecule has 1 aromatic heterocycles. The maximum Gasteiger partial charge on any atom is 0.265 e. The highest BCUT2D eigenvalue weighted by molar-refractivity contribution is 7.17. The zero-order chi connectivity index (χ0) is 11.9. The second kappa shape index (κ2) is 4.05. The Hall–Kier alpha value is -1.10. The number of rotatable bonds is 1. The Balaban J connectivity index is 2.17. The molecule has 1 aliphatic heterocycles. The van der Waals surface area contributed by atoms with Crippen LogP contribution in [-0.2, 0) is 0 Å². The van der Waals surface area contributed by atoms with Crippen molar-refractivity contribution in [2.45, 2.75) is 20.8 Å². The lowest BCUT2D eigenvalue weighted by atomic mass is 10.0. The summed E-state index contributed by atoms with van der Waals surface area (Å²) in [6, 6.07) is 0. The predicted molar refractivity (Wildman–Crippen MR) is 65.5 cm³/mol. The first kappa shape index (κ1) is 11.4. The number of anilines is 1. The monoisotopic (exact) mass is 239 g/mol. The molecule has 0 saturated carbocycles. The maximum atomic E-state index is 12.2. The van der Waals surface area contributed by atoms with Gasteiger partial charge in [0.1, 0.15) is 4.88 Å². The van der Waals surface area contributed by atoms with E-state index in [9.17, 15) is 4.79 Å². The molecule has 5 heteroatoms. The van der Waals surface area contributed by atoms with Crippen LogP contribution >= 0.6 is 11.3 Å². The van der Waals surface area contributed by atoms with Gasteiger partial charge in [0.25, 0.3) is 5.91 Å². The number of hydrogen-bond acceptors (Lipinski definition) is 4. The molecule has 0 aliphatic carbocycles. The number of hydrogen-bond donors (Lipinski definition) is 1. The van der Waals surface area contributed by atoms with Crippen LogP contribution < -0.4 is 5.73 Å². The van der Waals surface area contributed by atoms with Crippen LogP contribution in [-0.4, -0.2) is 28.9 Å². The summed E-state index contributed by atoms with van der Waals surface area (Å²) < 4.78 is 0. The molecule has 1 aromatic rings. The Bertz CT molecular complexity index is 405. The summed E-state index contributed by atoms with van der Waals surface area (Å²) in [5, 5.41) is 0.473. The van der Waals surface area contributed by atoms with Crippen LogP contribution in [0.1, 0.15) is 29.2 Å². The summed E-state index contributed by atoms with van der Waals surface area (Å²) in [6.45, 7) is 7.90. The van der Waals surface area contributed by atoms with Gasteiger partial charge in [-0.15, -0.1) is 0 Å². The van der Waals surface area contributed by atoms with Gasteiger partial charge < -0.3 is 10.6 Å². The largest absolute Gasteiger partial charge is 0.375 e. The van der Waals surface area contributed by atoms with Gasteiger partial charge in [0.2, 0.25) is 0 Å². The van der Waals surface area contributed by atoms with Gasteiger partial charge in [0, 0.05) is 13.1 Å². The van der Waals surface area contributed by atoms with Crippen molar-refractivity contribution in [3.8, 4) is 0 Å². The molecule has 0 bridgehead atoms. The number of aromatic nitrogens is 1. The van der Waals surface area contributed by atoms with Gasteiger partial charge in [0.15, 0.2) is 5.13 Å². The standard InChI is InChI=1S/C11H17N3OS/c1-6-4-14(5-7(6)2)10(15)9-8(3)13-11(12)16-9/h6-7H,4-5H2,1-3H3,(H2,12,13). The average molecular weight is 239 g/mol. The van der Waals surface area contributed by atoms with Crippen molar-refractivity contribution in [1.82, 2.24) is 9.88 Å². The zero-order valence-electron chi connectivity index (χ0n) is 9.86. The van der Waals surface area contributed by atoms with Crippen molar-refractivity contribution in [3.05, 3.63) is 10.6 Å². The lowest BCUT2D eigenvalue weighted by Gasteiger charge is -2.14. The highest BCUT2D eigenvalue weighted by Crippen LogP contribution is 2.27. The number of nitrogens with zero attached hydrogens (tertiary/aromatic N) is 2. The first-order valence-corrected chi connectivity index (χ1v) is 6.33. The number of carbonyl (C=O) groups excluding carboxylic acids is 1. The Labute approximate surface area is 99.5 Å². The SMILES string of the molecule is Cc1nc(N)sc1C(=O)N1CC(C)C(C)C1. The van der Waals surface area contributed by atoms with Gasteiger partial charge in [-0.1, -0.05) is 25.2 Å². The molecule has 0 radical (unpaired) electrons. The fourth-order valence-corrected chi connectivity index (χ4v) is 2.86. The molecule has 2 atom stereocenters. The van der Waals surface area contributed by atoms with Crippen molar-refractivity contribution < 1.29 is 4.79 Å². The number of likely N-dealkylation sites (tertiary alicyclic amines) is 1. The minimum absolute atomic E-state index is 0.0860. The van der Waals surface area contributed by atoms with Crippen LogP contribution in [0.2, 0.25) is 0 Å². The Kier molecular flexibility index (Phi) is 2.88. The smallest absolute Gasteiger partial charge is 0.265 e. The second-order valence-corrected chi connectivity index (χ2v) is 5.66. The lowest BCUT2D eigenvalue weighted by molar-refractivity contribution is 0.0789. The van der Waals surface area contributed by atoms with Crippen LogP contribution in [0.4, 0.5) is 5.13 Å². The average Bonchev–Trinajstić information content (AvgIpc) is 2.70. The molecule has 1 fully saturated rings. The Morgan fingerprint density at radius 1 is 1.44 bits per heavy atom. The molecule has 1 amide bonds. The molecule has 0 spiro atoms. The number of nitrogens with two attached hydrogens (primary N) is 1. The molecule has 2 unspecified atom stereocenters. The Morgan fingerprint density at radius 3 is 2.44 bits per heavy atom. The molecular weight excluding hydrogens is 222 g/mol. The zero-order valence-corrected chi connectivity index (χ0v) is 10.7. The summed E-state index contributed by atoms with van der Waals surface area (Å²) in [6.07, 6.45) is 0. The first-order valence-electron chi connectivity index (χ1n) is 5.51. The van der Waals surface area contributed by atoms with Gasteiger partial charge >= 0.3 is 0 Å². The number of thiazole rings is 1. The van der Waals surface area contributed by atoms with E-state index in [2.05, 4.69) is 18.8 Å². The van der Waals surface area contributed by atoms with E-state index in [1.807, 2.05) is 11.8 Å². The van der Waals surface area contributed by atoms with E-state index >= 15 is 0 Å². The third-order valence-electron chi connectivity index (χ3n) is 3.28. The van der Waals surface area contributed by atoms with Crippen LogP contribution in [0.25, 0.3) is 0 Å². The molecule has 2 heterocycles. The van der Waals surface area contributed by atoms with Crippen molar-refractivity contribution in [3.63, 3.8) is 0 Å². The molecule has 16 heavy (non-hydrogen) atoms. The number of nitrogen functional groups attached to an aromatic ring is 1. The minimum atomic E-state index is 0.0860. The lowest BCUT2D eigenvalue weighted by Crippen LogP contribution is -2.28. The highest BCUT2D eigenvalue weighted by Gasteiger charge is 2.31. The summed E-state index contributed by atoms with van der Waals surface area (Å²) in [7, 11) is 0. The maximum absolute atomic E-state index is 12.2. The van der Waals surface area contributed by atoms with Crippen molar-refractivity contribution in [2.24, 2.45) is 11.8 Å². The van der Waals surface area contributed by atoms with Crippen molar-refractivity contribution in [1.29, 1.82) is 0 Å². The quantitative estimate of drug-likeness (QED) is 0.812. The summed E-state index contributed by atoms with van der Waals surface area (Å²) in [5.41, 5.74) is 6.36. The van der Waals surface area contributed by atoms with E-state index in [0.29, 0.717) is 21.8 Å². The van der Waals surface area contributed by atoms with Gasteiger partial charge in [-0.25, -0.2) is 4.98 Å². The highest BCUT2D eigenvalue weighted by atomic mass is 32.1. The van der Waals surface area contributed by atoms with Crippen LogP contribution in [0.15, 0.2) is 0 Å². The summed E-state index contributed by atoms with van der Waals surface area (Å²) in [5.74, 6) is 1.24. The number of aryl methyl sites for hydroxylation is 1. The van der Waals surface area contributed by atoms with Crippen LogP contribution in [0.3, 0.4) is 0 Å². The first-order chi connectivity index (χ1) is 7.49. The molecule has 88 valence electrons. The molecule has 0 aromatic carbocycles. The minimum Gasteiger partial charge on any atom is -0.375 e. The van der Waals surface area contributed by atoms with Gasteiger partial charge in [-0.2, -0.15) is 0 Å². The fourth-order valence-electron chi connectivity index (χ4n) is 2.05. The molecule has 4 nitrogen and oxygen atoms in total. The topological polar surface area (TPSA) is 59.2 Å². The molecule has 1 aliphatic rings. The van der Waals surface area contributed by atoms with Gasteiger partial charge in [0.05, 0.1) is 5.69 Å². The number of amides is 1. The third-order valence-corrected chi connectivity index (χ3v) is 4.26. The third kappa shape index (κ3) is 1.91. The normalized spacial score (nSPS) is 25.1. The van der Waals surface area contributed by atoms with E-state index in [0.717, 1.165) is 18.8 Å². The van der Waals surface area contributed by atoms with Crippen molar-refractivity contribution in [2.75, 3.05) is 18.8 Å². The second-order valence-electron chi connectivity index (χ2n) is 4.63. The fraction of sp³-hybridized carbons (Fsp3) is 0.636.